The number of aromatic nitrogens is 2. The van der Waals surface area contributed by atoms with Crippen molar-refractivity contribution in [2.45, 2.75) is 25.1 Å². The fourth-order valence-corrected chi connectivity index (χ4v) is 2.12. The Hall–Kier alpha value is -2.10. The molecule has 2 heterocycles. The minimum absolute atomic E-state index is 0.0263. The zero-order valence-corrected chi connectivity index (χ0v) is 10.3. The van der Waals surface area contributed by atoms with Gasteiger partial charge in [0.2, 0.25) is 11.7 Å². The molecule has 5 N–H and O–H groups in total. The smallest absolute Gasteiger partial charge is 0.368 e. The number of alkyl halides is 3. The van der Waals surface area contributed by atoms with Crippen LogP contribution in [0, 0.1) is 0 Å². The first-order valence-electron chi connectivity index (χ1n) is 5.82. The lowest BCUT2D eigenvalue weighted by Gasteiger charge is -2.24. The predicted molar refractivity (Wildman–Crippen MR) is 64.4 cm³/mol. The van der Waals surface area contributed by atoms with Gasteiger partial charge in [0, 0.05) is 12.6 Å². The van der Waals surface area contributed by atoms with Gasteiger partial charge in [0.15, 0.2) is 0 Å². The minimum atomic E-state index is -4.70. The summed E-state index contributed by atoms with van der Waals surface area (Å²) >= 11 is 0. The number of nitrogens with zero attached hydrogens (tertiary/aromatic N) is 3. The molecule has 1 aromatic rings. The van der Waals surface area contributed by atoms with Gasteiger partial charge >= 0.3 is 6.18 Å². The number of hydrogen-bond donors (Lipinski definition) is 3. The standard InChI is InChI=1S/C10H13F3N6O/c11-10(12,13)9-16-6(18-15)4-7(17-9)19-3-1-2-5(19)8(14)20/h4-5H,1-3,15H2,(H2,14,20)(H,16,17,18). The summed E-state index contributed by atoms with van der Waals surface area (Å²) in [5, 5.41) is 0. The molecule has 1 atom stereocenters. The molecule has 110 valence electrons. The number of rotatable bonds is 3. The van der Waals surface area contributed by atoms with Gasteiger partial charge in [-0.25, -0.2) is 15.8 Å². The molecule has 0 aromatic carbocycles. The Bertz CT molecular complexity index is 520. The molecule has 2 rings (SSSR count). The maximum absolute atomic E-state index is 12.7. The molecule has 0 spiro atoms. The fourth-order valence-electron chi connectivity index (χ4n) is 2.12. The monoisotopic (exact) mass is 290 g/mol. The van der Waals surface area contributed by atoms with Crippen LogP contribution in [0.25, 0.3) is 0 Å². The lowest BCUT2D eigenvalue weighted by atomic mass is 10.2. The summed E-state index contributed by atoms with van der Waals surface area (Å²) in [6, 6.07) is 0.577. The van der Waals surface area contributed by atoms with E-state index in [0.717, 1.165) is 0 Å². The lowest BCUT2D eigenvalue weighted by molar-refractivity contribution is -0.144. The highest BCUT2D eigenvalue weighted by atomic mass is 19.4. The van der Waals surface area contributed by atoms with Crippen LogP contribution in [0.1, 0.15) is 18.7 Å². The number of carbonyl (C=O) groups is 1. The average Bonchev–Trinajstić information content (AvgIpc) is 2.86. The number of anilines is 2. The molecule has 10 heteroatoms. The molecule has 1 aromatic heterocycles. The van der Waals surface area contributed by atoms with E-state index in [1.807, 2.05) is 0 Å². The molecule has 0 bridgehead atoms. The van der Waals surface area contributed by atoms with Gasteiger partial charge in [-0.05, 0) is 12.8 Å². The number of hydrogen-bond acceptors (Lipinski definition) is 6. The van der Waals surface area contributed by atoms with Crippen molar-refractivity contribution >= 4 is 17.5 Å². The van der Waals surface area contributed by atoms with E-state index in [0.29, 0.717) is 19.4 Å². The molecular formula is C10H13F3N6O. The first-order valence-corrected chi connectivity index (χ1v) is 5.82. The molecule has 1 aliphatic rings. The van der Waals surface area contributed by atoms with E-state index in [2.05, 4.69) is 15.4 Å². The fraction of sp³-hybridized carbons (Fsp3) is 0.500. The third-order valence-electron chi connectivity index (χ3n) is 2.99. The Morgan fingerprint density at radius 1 is 1.45 bits per heavy atom. The maximum atomic E-state index is 12.7. The third-order valence-corrected chi connectivity index (χ3v) is 2.99. The zero-order chi connectivity index (χ0) is 14.9. The molecule has 1 fully saturated rings. The second kappa shape index (κ2) is 5.12. The van der Waals surface area contributed by atoms with Gasteiger partial charge in [-0.1, -0.05) is 0 Å². The van der Waals surface area contributed by atoms with Crippen LogP contribution in [0.4, 0.5) is 24.8 Å². The number of hydrazine groups is 1. The average molecular weight is 290 g/mol. The van der Waals surface area contributed by atoms with E-state index < -0.39 is 23.9 Å². The van der Waals surface area contributed by atoms with Crippen molar-refractivity contribution in [2.75, 3.05) is 16.9 Å². The Morgan fingerprint density at radius 2 is 2.15 bits per heavy atom. The quantitative estimate of drug-likeness (QED) is 0.543. The highest BCUT2D eigenvalue weighted by Gasteiger charge is 2.37. The zero-order valence-electron chi connectivity index (χ0n) is 10.3. The van der Waals surface area contributed by atoms with Crippen LogP contribution in [-0.2, 0) is 11.0 Å². The van der Waals surface area contributed by atoms with Crippen LogP contribution in [0.2, 0.25) is 0 Å². The number of halogens is 3. The Morgan fingerprint density at radius 3 is 2.70 bits per heavy atom. The maximum Gasteiger partial charge on any atom is 0.451 e. The van der Waals surface area contributed by atoms with Crippen molar-refractivity contribution in [1.82, 2.24) is 9.97 Å². The summed E-state index contributed by atoms with van der Waals surface area (Å²) in [7, 11) is 0. The van der Waals surface area contributed by atoms with Crippen LogP contribution in [0.3, 0.4) is 0 Å². The number of nitrogens with one attached hydrogen (secondary N) is 1. The van der Waals surface area contributed by atoms with Crippen LogP contribution in [-0.4, -0.2) is 28.5 Å². The highest BCUT2D eigenvalue weighted by molar-refractivity contribution is 5.84. The van der Waals surface area contributed by atoms with Crippen LogP contribution >= 0.6 is 0 Å². The number of amides is 1. The predicted octanol–water partition coefficient (Wildman–Crippen LogP) is 0.235. The summed E-state index contributed by atoms with van der Waals surface area (Å²) in [4.78, 5) is 19.4. The van der Waals surface area contributed by atoms with Crippen LogP contribution < -0.4 is 21.9 Å². The minimum Gasteiger partial charge on any atom is -0.368 e. The highest BCUT2D eigenvalue weighted by Crippen LogP contribution is 2.31. The molecule has 0 radical (unpaired) electrons. The summed E-state index contributed by atoms with van der Waals surface area (Å²) in [5.41, 5.74) is 7.29. The van der Waals surface area contributed by atoms with Crippen molar-refractivity contribution in [3.63, 3.8) is 0 Å². The van der Waals surface area contributed by atoms with Gasteiger partial charge in [-0.2, -0.15) is 13.2 Å². The summed E-state index contributed by atoms with van der Waals surface area (Å²) in [5.74, 6) is 2.98. The molecule has 1 amide bonds. The largest absolute Gasteiger partial charge is 0.451 e. The van der Waals surface area contributed by atoms with Crippen molar-refractivity contribution < 1.29 is 18.0 Å². The normalized spacial score (nSPS) is 19.2. The molecule has 20 heavy (non-hydrogen) atoms. The van der Waals surface area contributed by atoms with E-state index in [-0.39, 0.29) is 11.6 Å². The van der Waals surface area contributed by atoms with Crippen molar-refractivity contribution in [2.24, 2.45) is 11.6 Å². The van der Waals surface area contributed by atoms with Crippen LogP contribution in [0.5, 0.6) is 0 Å². The Labute approximate surface area is 112 Å². The molecule has 1 saturated heterocycles. The lowest BCUT2D eigenvalue weighted by Crippen LogP contribution is -2.41. The Balaban J connectivity index is 2.43. The SMILES string of the molecule is NNc1cc(N2CCCC2C(N)=O)nc(C(F)(F)F)n1. The summed E-state index contributed by atoms with van der Waals surface area (Å²) < 4.78 is 38.2. The molecule has 7 nitrogen and oxygen atoms in total. The second-order valence-electron chi connectivity index (χ2n) is 4.33. The van der Waals surface area contributed by atoms with E-state index in [9.17, 15) is 18.0 Å². The van der Waals surface area contributed by atoms with Gasteiger partial charge < -0.3 is 16.1 Å². The summed E-state index contributed by atoms with van der Waals surface area (Å²) in [6.07, 6.45) is -3.58. The molecule has 1 unspecified atom stereocenters. The molecule has 0 saturated carbocycles. The third kappa shape index (κ3) is 2.74. The van der Waals surface area contributed by atoms with E-state index >= 15 is 0 Å². The van der Waals surface area contributed by atoms with E-state index in [1.54, 1.807) is 0 Å². The molecular weight excluding hydrogens is 277 g/mol. The van der Waals surface area contributed by atoms with Gasteiger partial charge in [-0.3, -0.25) is 4.79 Å². The Kier molecular flexibility index (Phi) is 3.66. The van der Waals surface area contributed by atoms with Gasteiger partial charge in [0.1, 0.15) is 17.7 Å². The van der Waals surface area contributed by atoms with Crippen molar-refractivity contribution in [3.8, 4) is 0 Å². The first kappa shape index (κ1) is 14.3. The number of nitrogen functional groups attached to an aromatic ring is 1. The number of carbonyl (C=O) groups excluding carboxylic acids is 1. The first-order chi connectivity index (χ1) is 9.32. The topological polar surface area (TPSA) is 110 Å². The molecule has 1 aliphatic heterocycles. The summed E-state index contributed by atoms with van der Waals surface area (Å²) in [6.45, 7) is 0.395. The number of nitrogens with two attached hydrogens (primary N) is 2. The van der Waals surface area contributed by atoms with E-state index in [1.165, 1.54) is 11.0 Å². The van der Waals surface area contributed by atoms with Gasteiger partial charge in [0.05, 0.1) is 0 Å². The van der Waals surface area contributed by atoms with E-state index in [4.69, 9.17) is 11.6 Å². The second-order valence-corrected chi connectivity index (χ2v) is 4.33. The van der Waals surface area contributed by atoms with Crippen molar-refractivity contribution in [1.29, 1.82) is 0 Å². The van der Waals surface area contributed by atoms with Crippen LogP contribution in [0.15, 0.2) is 6.07 Å². The molecule has 0 aliphatic carbocycles. The van der Waals surface area contributed by atoms with Gasteiger partial charge in [0.25, 0.3) is 0 Å². The van der Waals surface area contributed by atoms with Crippen molar-refractivity contribution in [3.05, 3.63) is 11.9 Å². The van der Waals surface area contributed by atoms with Gasteiger partial charge in [-0.15, -0.1) is 0 Å². The number of primary amides is 1.